The lowest BCUT2D eigenvalue weighted by molar-refractivity contribution is 0.0659. The quantitative estimate of drug-likeness (QED) is 0.887. The van der Waals surface area contributed by atoms with Crippen LogP contribution in [0.5, 0.6) is 0 Å². The zero-order valence-electron chi connectivity index (χ0n) is 10.7. The van der Waals surface area contributed by atoms with E-state index >= 15 is 0 Å². The summed E-state index contributed by atoms with van der Waals surface area (Å²) in [5.41, 5.74) is 0. The van der Waals surface area contributed by atoms with E-state index in [0.717, 1.165) is 19.3 Å². The van der Waals surface area contributed by atoms with Crippen LogP contribution in [0, 0.1) is 0 Å². The predicted octanol–water partition coefficient (Wildman–Crippen LogP) is 2.38. The molecule has 6 heteroatoms. The van der Waals surface area contributed by atoms with Gasteiger partial charge in [0.05, 0.1) is 0 Å². The Morgan fingerprint density at radius 1 is 1.37 bits per heavy atom. The van der Waals surface area contributed by atoms with Crippen LogP contribution < -0.4 is 5.32 Å². The van der Waals surface area contributed by atoms with Gasteiger partial charge in [-0.1, -0.05) is 6.42 Å². The Hall–Kier alpha value is -1.43. The van der Waals surface area contributed by atoms with Crippen LogP contribution in [-0.4, -0.2) is 34.5 Å². The Bertz CT molecular complexity index is 471. The lowest BCUT2D eigenvalue weighted by Gasteiger charge is -2.28. The van der Waals surface area contributed by atoms with Crippen LogP contribution in [0.3, 0.4) is 0 Å². The molecule has 104 valence electrons. The first-order valence-electron chi connectivity index (χ1n) is 6.27. The standard InChI is InChI=1S/C13H17NO4S/c1-19-9-4-2-3-8(7-9)14-12(15)10-5-6-11(18-10)13(16)17/h5-6,8-9H,2-4,7H2,1H3,(H,14,15)(H,16,17). The Morgan fingerprint density at radius 2 is 2.11 bits per heavy atom. The van der Waals surface area contributed by atoms with Crippen molar-refractivity contribution in [1.29, 1.82) is 0 Å². The van der Waals surface area contributed by atoms with Gasteiger partial charge in [-0.2, -0.15) is 11.8 Å². The molecular formula is C13H17NO4S. The summed E-state index contributed by atoms with van der Waals surface area (Å²) in [7, 11) is 0. The average Bonchev–Trinajstić information content (AvgIpc) is 2.89. The van der Waals surface area contributed by atoms with Gasteiger partial charge in [0.1, 0.15) is 0 Å². The van der Waals surface area contributed by atoms with Gasteiger partial charge in [-0.15, -0.1) is 0 Å². The number of carboxylic acids is 1. The molecule has 1 aromatic heterocycles. The van der Waals surface area contributed by atoms with Crippen molar-refractivity contribution in [2.45, 2.75) is 37.0 Å². The first kappa shape index (κ1) is 14.0. The molecular weight excluding hydrogens is 266 g/mol. The van der Waals surface area contributed by atoms with Crippen molar-refractivity contribution in [2.75, 3.05) is 6.26 Å². The van der Waals surface area contributed by atoms with Crippen LogP contribution >= 0.6 is 11.8 Å². The van der Waals surface area contributed by atoms with Gasteiger partial charge >= 0.3 is 5.97 Å². The Kier molecular flexibility index (Phi) is 4.52. The van der Waals surface area contributed by atoms with E-state index < -0.39 is 5.97 Å². The minimum absolute atomic E-state index is 0.0590. The van der Waals surface area contributed by atoms with Gasteiger partial charge < -0.3 is 14.8 Å². The van der Waals surface area contributed by atoms with Crippen molar-refractivity contribution in [1.82, 2.24) is 5.32 Å². The molecule has 1 amide bonds. The highest BCUT2D eigenvalue weighted by molar-refractivity contribution is 7.99. The topological polar surface area (TPSA) is 79.5 Å². The monoisotopic (exact) mass is 283 g/mol. The van der Waals surface area contributed by atoms with Gasteiger partial charge in [0.2, 0.25) is 5.76 Å². The molecule has 0 spiro atoms. The van der Waals surface area contributed by atoms with Gasteiger partial charge in [-0.25, -0.2) is 4.79 Å². The third kappa shape index (κ3) is 3.53. The fourth-order valence-corrected chi connectivity index (χ4v) is 3.15. The molecule has 0 aromatic carbocycles. The maximum Gasteiger partial charge on any atom is 0.371 e. The highest BCUT2D eigenvalue weighted by Gasteiger charge is 2.24. The normalized spacial score (nSPS) is 23.0. The molecule has 1 saturated carbocycles. The number of nitrogens with one attached hydrogen (secondary N) is 1. The van der Waals surface area contributed by atoms with Crippen molar-refractivity contribution in [3.05, 3.63) is 23.7 Å². The molecule has 19 heavy (non-hydrogen) atoms. The highest BCUT2D eigenvalue weighted by atomic mass is 32.2. The lowest BCUT2D eigenvalue weighted by atomic mass is 9.95. The largest absolute Gasteiger partial charge is 0.475 e. The number of furan rings is 1. The maximum atomic E-state index is 11.9. The van der Waals surface area contributed by atoms with E-state index in [1.807, 2.05) is 11.8 Å². The molecule has 2 atom stereocenters. The fraction of sp³-hybridized carbons (Fsp3) is 0.538. The average molecular weight is 283 g/mol. The van der Waals surface area contributed by atoms with E-state index in [4.69, 9.17) is 9.52 Å². The SMILES string of the molecule is CSC1CCCC(NC(=O)c2ccc(C(=O)O)o2)C1. The van der Waals surface area contributed by atoms with E-state index in [1.54, 1.807) is 0 Å². The number of carbonyl (C=O) groups excluding carboxylic acids is 1. The van der Waals surface area contributed by atoms with Gasteiger partial charge in [-0.05, 0) is 37.7 Å². The first-order valence-corrected chi connectivity index (χ1v) is 7.55. The molecule has 2 rings (SSSR count). The van der Waals surface area contributed by atoms with Crippen molar-refractivity contribution in [3.63, 3.8) is 0 Å². The van der Waals surface area contributed by atoms with E-state index in [1.165, 1.54) is 18.6 Å². The van der Waals surface area contributed by atoms with Crippen molar-refractivity contribution in [2.24, 2.45) is 0 Å². The number of amides is 1. The minimum atomic E-state index is -1.17. The smallest absolute Gasteiger partial charge is 0.371 e. The zero-order valence-corrected chi connectivity index (χ0v) is 11.5. The van der Waals surface area contributed by atoms with Crippen LogP contribution in [-0.2, 0) is 0 Å². The summed E-state index contributed by atoms with van der Waals surface area (Å²) < 4.78 is 4.98. The Morgan fingerprint density at radius 3 is 2.74 bits per heavy atom. The van der Waals surface area contributed by atoms with Gasteiger partial charge in [-0.3, -0.25) is 4.79 Å². The third-order valence-corrected chi connectivity index (χ3v) is 4.43. The molecule has 2 N–H and O–H groups in total. The van der Waals surface area contributed by atoms with Gasteiger partial charge in [0, 0.05) is 11.3 Å². The van der Waals surface area contributed by atoms with E-state index in [2.05, 4.69) is 11.6 Å². The molecule has 0 radical (unpaired) electrons. The van der Waals surface area contributed by atoms with Crippen LogP contribution in [0.1, 0.15) is 46.8 Å². The summed E-state index contributed by atoms with van der Waals surface area (Å²) >= 11 is 1.83. The maximum absolute atomic E-state index is 11.9. The number of thioether (sulfide) groups is 1. The van der Waals surface area contributed by atoms with Crippen molar-refractivity contribution in [3.8, 4) is 0 Å². The molecule has 0 aliphatic heterocycles. The van der Waals surface area contributed by atoms with Crippen molar-refractivity contribution < 1.29 is 19.1 Å². The molecule has 1 aliphatic carbocycles. The summed E-state index contributed by atoms with van der Waals surface area (Å²) in [6.45, 7) is 0. The molecule has 1 aliphatic rings. The summed E-state index contributed by atoms with van der Waals surface area (Å²) in [5, 5.41) is 12.2. The summed E-state index contributed by atoms with van der Waals surface area (Å²) in [4.78, 5) is 22.6. The number of rotatable bonds is 4. The molecule has 1 aromatic rings. The molecule has 1 fully saturated rings. The second kappa shape index (κ2) is 6.14. The molecule has 5 nitrogen and oxygen atoms in total. The second-order valence-electron chi connectivity index (χ2n) is 4.66. The van der Waals surface area contributed by atoms with Gasteiger partial charge in [0.25, 0.3) is 5.91 Å². The highest BCUT2D eigenvalue weighted by Crippen LogP contribution is 2.27. The second-order valence-corrected chi connectivity index (χ2v) is 5.80. The fourth-order valence-electron chi connectivity index (χ4n) is 2.32. The van der Waals surface area contributed by atoms with Crippen LogP contribution in [0.25, 0.3) is 0 Å². The van der Waals surface area contributed by atoms with Gasteiger partial charge in [0.15, 0.2) is 5.76 Å². The molecule has 0 bridgehead atoms. The van der Waals surface area contributed by atoms with E-state index in [0.29, 0.717) is 5.25 Å². The van der Waals surface area contributed by atoms with Crippen LogP contribution in [0.4, 0.5) is 0 Å². The van der Waals surface area contributed by atoms with Crippen LogP contribution in [0.15, 0.2) is 16.5 Å². The molecule has 1 heterocycles. The van der Waals surface area contributed by atoms with E-state index in [9.17, 15) is 9.59 Å². The molecule has 2 unspecified atom stereocenters. The summed E-state index contributed by atoms with van der Waals surface area (Å²) in [6.07, 6.45) is 6.31. The summed E-state index contributed by atoms with van der Waals surface area (Å²) in [5.74, 6) is -1.65. The third-order valence-electron chi connectivity index (χ3n) is 3.34. The lowest BCUT2D eigenvalue weighted by Crippen LogP contribution is -2.38. The Balaban J connectivity index is 1.94. The summed E-state index contributed by atoms with van der Waals surface area (Å²) in [6, 6.07) is 2.84. The van der Waals surface area contributed by atoms with Crippen LogP contribution in [0.2, 0.25) is 0 Å². The number of aromatic carboxylic acids is 1. The number of hydrogen-bond acceptors (Lipinski definition) is 4. The molecule has 0 saturated heterocycles. The number of hydrogen-bond donors (Lipinski definition) is 2. The Labute approximate surface area is 115 Å². The number of carbonyl (C=O) groups is 2. The first-order chi connectivity index (χ1) is 9.10. The zero-order chi connectivity index (χ0) is 13.8. The van der Waals surface area contributed by atoms with Crippen molar-refractivity contribution >= 4 is 23.6 Å². The number of carboxylic acid groups (broad SMARTS) is 1. The van der Waals surface area contributed by atoms with E-state index in [-0.39, 0.29) is 23.5 Å². The predicted molar refractivity (Wildman–Crippen MR) is 72.7 cm³/mol. The minimum Gasteiger partial charge on any atom is -0.475 e.